The molecule has 0 fully saturated rings. The second-order valence-corrected chi connectivity index (χ2v) is 5.25. The summed E-state index contributed by atoms with van der Waals surface area (Å²) in [4.78, 5) is 2.31. The van der Waals surface area contributed by atoms with Gasteiger partial charge in [0, 0.05) is 18.7 Å². The molecule has 0 aliphatic rings. The third kappa shape index (κ3) is 4.31. The van der Waals surface area contributed by atoms with Crippen molar-refractivity contribution in [3.05, 3.63) is 29.8 Å². The first-order valence-corrected chi connectivity index (χ1v) is 6.59. The highest BCUT2D eigenvalue weighted by molar-refractivity contribution is 5.32. The maximum atomic E-state index is 5.82. The molecule has 0 aliphatic carbocycles. The van der Waals surface area contributed by atoms with E-state index in [0.717, 1.165) is 25.4 Å². The van der Waals surface area contributed by atoms with E-state index < -0.39 is 0 Å². The number of rotatable bonds is 7. The monoisotopic (exact) mass is 250 g/mol. The lowest BCUT2D eigenvalue weighted by Crippen LogP contribution is -2.33. The number of nitrogens with zero attached hydrogens (tertiary/aromatic N) is 1. The van der Waals surface area contributed by atoms with Crippen LogP contribution in [-0.4, -0.2) is 32.1 Å². The first-order valence-electron chi connectivity index (χ1n) is 6.59. The first-order chi connectivity index (χ1) is 8.58. The summed E-state index contributed by atoms with van der Waals surface area (Å²) in [6.45, 7) is 7.12. The van der Waals surface area contributed by atoms with Gasteiger partial charge in [0.15, 0.2) is 0 Å². The summed E-state index contributed by atoms with van der Waals surface area (Å²) in [5.74, 6) is 2.12. The van der Waals surface area contributed by atoms with Crippen LogP contribution in [0.1, 0.15) is 19.4 Å². The molecule has 2 N–H and O–H groups in total. The summed E-state index contributed by atoms with van der Waals surface area (Å²) < 4.78 is 5.37. The summed E-state index contributed by atoms with van der Waals surface area (Å²) in [6.07, 6.45) is 0. The minimum Gasteiger partial charge on any atom is -0.496 e. The van der Waals surface area contributed by atoms with Gasteiger partial charge in [-0.05, 0) is 31.5 Å². The van der Waals surface area contributed by atoms with Crippen LogP contribution in [0.4, 0.5) is 0 Å². The Labute approximate surface area is 111 Å². The van der Waals surface area contributed by atoms with Gasteiger partial charge in [0.2, 0.25) is 0 Å². The van der Waals surface area contributed by atoms with E-state index in [2.05, 4.69) is 37.9 Å². The molecule has 3 heteroatoms. The normalized spacial score (nSPS) is 13.1. The van der Waals surface area contributed by atoms with E-state index in [1.54, 1.807) is 7.11 Å². The Balaban J connectivity index is 2.61. The Kier molecular flexibility index (Phi) is 6.16. The molecule has 18 heavy (non-hydrogen) atoms. The quantitative estimate of drug-likeness (QED) is 0.807. The number of para-hydroxylation sites is 1. The van der Waals surface area contributed by atoms with Crippen LogP contribution in [0.15, 0.2) is 24.3 Å². The van der Waals surface area contributed by atoms with Gasteiger partial charge in [0.1, 0.15) is 5.75 Å². The minimum absolute atomic E-state index is 0.546. The fraction of sp³-hybridized carbons (Fsp3) is 0.600. The number of ether oxygens (including phenoxy) is 1. The highest BCUT2D eigenvalue weighted by Gasteiger charge is 2.14. The van der Waals surface area contributed by atoms with Crippen molar-refractivity contribution in [1.82, 2.24) is 4.90 Å². The highest BCUT2D eigenvalue weighted by atomic mass is 16.5. The molecule has 0 aliphatic heterocycles. The lowest BCUT2D eigenvalue weighted by molar-refractivity contribution is 0.232. The van der Waals surface area contributed by atoms with Crippen LogP contribution < -0.4 is 10.5 Å². The van der Waals surface area contributed by atoms with E-state index in [0.29, 0.717) is 11.8 Å². The van der Waals surface area contributed by atoms with E-state index in [4.69, 9.17) is 10.5 Å². The van der Waals surface area contributed by atoms with Gasteiger partial charge in [0.25, 0.3) is 0 Å². The molecule has 0 spiro atoms. The molecule has 0 saturated heterocycles. The van der Waals surface area contributed by atoms with Crippen LogP contribution in [0.25, 0.3) is 0 Å². The Hall–Kier alpha value is -1.06. The van der Waals surface area contributed by atoms with Crippen molar-refractivity contribution in [2.45, 2.75) is 20.4 Å². The number of nitrogens with two attached hydrogens (primary N) is 1. The maximum absolute atomic E-state index is 5.82. The molecular formula is C15H26N2O. The van der Waals surface area contributed by atoms with Gasteiger partial charge >= 0.3 is 0 Å². The lowest BCUT2D eigenvalue weighted by atomic mass is 9.95. The smallest absolute Gasteiger partial charge is 0.123 e. The average molecular weight is 250 g/mol. The van der Waals surface area contributed by atoms with Crippen molar-refractivity contribution in [2.75, 3.05) is 27.2 Å². The minimum atomic E-state index is 0.546. The number of hydrogen-bond donors (Lipinski definition) is 1. The molecule has 1 unspecified atom stereocenters. The Morgan fingerprint density at radius 3 is 2.50 bits per heavy atom. The van der Waals surface area contributed by atoms with E-state index in [-0.39, 0.29) is 0 Å². The predicted molar refractivity (Wildman–Crippen MR) is 76.7 cm³/mol. The second-order valence-electron chi connectivity index (χ2n) is 5.25. The molecule has 0 heterocycles. The number of methoxy groups -OCH3 is 1. The van der Waals surface area contributed by atoms with Crippen molar-refractivity contribution in [3.8, 4) is 5.75 Å². The molecule has 1 rings (SSSR count). The largest absolute Gasteiger partial charge is 0.496 e. The number of hydrogen-bond acceptors (Lipinski definition) is 3. The molecule has 0 aromatic heterocycles. The van der Waals surface area contributed by atoms with Gasteiger partial charge in [-0.3, -0.25) is 0 Å². The van der Waals surface area contributed by atoms with Crippen LogP contribution >= 0.6 is 0 Å². The Bertz CT molecular complexity index is 352. The van der Waals surface area contributed by atoms with Gasteiger partial charge in [-0.25, -0.2) is 0 Å². The summed E-state index contributed by atoms with van der Waals surface area (Å²) in [5, 5.41) is 0. The van der Waals surface area contributed by atoms with Crippen molar-refractivity contribution in [1.29, 1.82) is 0 Å². The fourth-order valence-corrected chi connectivity index (χ4v) is 2.15. The summed E-state index contributed by atoms with van der Waals surface area (Å²) >= 11 is 0. The van der Waals surface area contributed by atoms with E-state index in [1.165, 1.54) is 5.56 Å². The van der Waals surface area contributed by atoms with Crippen molar-refractivity contribution < 1.29 is 4.74 Å². The topological polar surface area (TPSA) is 38.5 Å². The number of benzene rings is 1. The maximum Gasteiger partial charge on any atom is 0.123 e. The fourth-order valence-electron chi connectivity index (χ4n) is 2.15. The molecule has 1 aromatic carbocycles. The Morgan fingerprint density at radius 1 is 1.28 bits per heavy atom. The highest BCUT2D eigenvalue weighted by Crippen LogP contribution is 2.20. The molecule has 3 nitrogen and oxygen atoms in total. The SMILES string of the molecule is COc1ccccc1CN(C)CC(CN)C(C)C. The van der Waals surface area contributed by atoms with Crippen molar-refractivity contribution in [2.24, 2.45) is 17.6 Å². The molecular weight excluding hydrogens is 224 g/mol. The van der Waals surface area contributed by atoms with Gasteiger partial charge < -0.3 is 15.4 Å². The summed E-state index contributed by atoms with van der Waals surface area (Å²) in [6, 6.07) is 8.17. The average Bonchev–Trinajstić information content (AvgIpc) is 2.36. The van der Waals surface area contributed by atoms with Crippen LogP contribution in [0.3, 0.4) is 0 Å². The molecule has 1 aromatic rings. The molecule has 1 atom stereocenters. The Morgan fingerprint density at radius 2 is 1.94 bits per heavy atom. The lowest BCUT2D eigenvalue weighted by Gasteiger charge is -2.26. The third-order valence-corrected chi connectivity index (χ3v) is 3.42. The van der Waals surface area contributed by atoms with Gasteiger partial charge in [-0.2, -0.15) is 0 Å². The van der Waals surface area contributed by atoms with Crippen LogP contribution in [0.5, 0.6) is 5.75 Å². The van der Waals surface area contributed by atoms with E-state index in [1.807, 2.05) is 12.1 Å². The first kappa shape index (κ1) is 15.0. The molecule has 0 saturated carbocycles. The molecule has 0 amide bonds. The zero-order valence-electron chi connectivity index (χ0n) is 12.0. The molecule has 0 radical (unpaired) electrons. The predicted octanol–water partition coefficient (Wildman–Crippen LogP) is 2.36. The van der Waals surface area contributed by atoms with E-state index in [9.17, 15) is 0 Å². The zero-order valence-corrected chi connectivity index (χ0v) is 12.0. The van der Waals surface area contributed by atoms with Gasteiger partial charge in [0.05, 0.1) is 7.11 Å². The third-order valence-electron chi connectivity index (χ3n) is 3.42. The zero-order chi connectivity index (χ0) is 13.5. The second kappa shape index (κ2) is 7.39. The standard InChI is InChI=1S/C15H26N2O/c1-12(2)14(9-16)11-17(3)10-13-7-5-6-8-15(13)18-4/h5-8,12,14H,9-11,16H2,1-4H3. The van der Waals surface area contributed by atoms with E-state index >= 15 is 0 Å². The molecule has 0 bridgehead atoms. The van der Waals surface area contributed by atoms with Gasteiger partial charge in [-0.1, -0.05) is 32.0 Å². The van der Waals surface area contributed by atoms with Gasteiger partial charge in [-0.15, -0.1) is 0 Å². The van der Waals surface area contributed by atoms with Crippen molar-refractivity contribution in [3.63, 3.8) is 0 Å². The van der Waals surface area contributed by atoms with Crippen LogP contribution in [-0.2, 0) is 6.54 Å². The van der Waals surface area contributed by atoms with Crippen LogP contribution in [0.2, 0.25) is 0 Å². The van der Waals surface area contributed by atoms with Crippen LogP contribution in [0, 0.1) is 11.8 Å². The summed E-state index contributed by atoms with van der Waals surface area (Å²) in [5.41, 5.74) is 7.04. The summed E-state index contributed by atoms with van der Waals surface area (Å²) in [7, 11) is 3.85. The van der Waals surface area contributed by atoms with Crippen molar-refractivity contribution >= 4 is 0 Å². The molecule has 102 valence electrons.